The fraction of sp³-hybridized carbons (Fsp3) is 0.200. The topological polar surface area (TPSA) is 55.1 Å². The molecule has 1 aromatic carbocycles. The van der Waals surface area contributed by atoms with Crippen molar-refractivity contribution < 1.29 is 9.47 Å². The summed E-state index contributed by atoms with van der Waals surface area (Å²) in [6, 6.07) is 11.2. The third-order valence-corrected chi connectivity index (χ3v) is 2.89. The summed E-state index contributed by atoms with van der Waals surface area (Å²) in [5.41, 5.74) is 2.93. The number of hydrogen-bond acceptors (Lipinski definition) is 4. The van der Waals surface area contributed by atoms with Crippen molar-refractivity contribution in [1.29, 1.82) is 5.26 Å². The zero-order chi connectivity index (χ0) is 13.8. The zero-order valence-electron chi connectivity index (χ0n) is 11.1. The SMILES string of the molecule is COc1ccc(-c2ccc(C#N)c(C)n2)c(OC)c1. The largest absolute Gasteiger partial charge is 0.497 e. The van der Waals surface area contributed by atoms with Gasteiger partial charge in [-0.15, -0.1) is 0 Å². The standard InChI is InChI=1S/C15H14N2O2/c1-10-11(9-16)4-7-14(17-10)13-6-5-12(18-2)8-15(13)19-3/h4-8H,1-3H3. The van der Waals surface area contributed by atoms with Crippen LogP contribution >= 0.6 is 0 Å². The molecular weight excluding hydrogens is 240 g/mol. The van der Waals surface area contributed by atoms with Crippen molar-refractivity contribution in [3.05, 3.63) is 41.6 Å². The van der Waals surface area contributed by atoms with Crippen LogP contribution in [0.3, 0.4) is 0 Å². The summed E-state index contributed by atoms with van der Waals surface area (Å²) in [5.74, 6) is 1.42. The average molecular weight is 254 g/mol. The third kappa shape index (κ3) is 2.50. The Kier molecular flexibility index (Phi) is 3.67. The van der Waals surface area contributed by atoms with Crippen molar-refractivity contribution in [3.8, 4) is 28.8 Å². The van der Waals surface area contributed by atoms with Crippen LogP contribution in [0.4, 0.5) is 0 Å². The van der Waals surface area contributed by atoms with Gasteiger partial charge in [0.05, 0.1) is 31.2 Å². The molecule has 1 aromatic heterocycles. The molecule has 2 rings (SSSR count). The van der Waals surface area contributed by atoms with Gasteiger partial charge in [-0.25, -0.2) is 0 Å². The molecule has 4 heteroatoms. The second-order valence-corrected chi connectivity index (χ2v) is 4.01. The second kappa shape index (κ2) is 5.40. The molecule has 2 aromatic rings. The quantitative estimate of drug-likeness (QED) is 0.845. The maximum Gasteiger partial charge on any atom is 0.131 e. The summed E-state index contributed by atoms with van der Waals surface area (Å²) in [5, 5.41) is 8.92. The van der Waals surface area contributed by atoms with Gasteiger partial charge in [0.2, 0.25) is 0 Å². The number of nitrogens with zero attached hydrogens (tertiary/aromatic N) is 2. The first-order chi connectivity index (χ1) is 9.19. The monoisotopic (exact) mass is 254 g/mol. The van der Waals surface area contributed by atoms with E-state index in [0.29, 0.717) is 17.0 Å². The molecule has 0 saturated heterocycles. The van der Waals surface area contributed by atoms with Crippen LogP contribution in [-0.2, 0) is 0 Å². The zero-order valence-corrected chi connectivity index (χ0v) is 11.1. The maximum absolute atomic E-state index is 8.92. The molecule has 0 fully saturated rings. The highest BCUT2D eigenvalue weighted by Crippen LogP contribution is 2.32. The van der Waals surface area contributed by atoms with E-state index >= 15 is 0 Å². The third-order valence-electron chi connectivity index (χ3n) is 2.89. The van der Waals surface area contributed by atoms with Gasteiger partial charge in [-0.2, -0.15) is 5.26 Å². The van der Waals surface area contributed by atoms with Crippen LogP contribution in [0, 0.1) is 18.3 Å². The Bertz CT molecular complexity index is 645. The minimum Gasteiger partial charge on any atom is -0.497 e. The molecule has 0 atom stereocenters. The first-order valence-electron chi connectivity index (χ1n) is 5.79. The lowest BCUT2D eigenvalue weighted by atomic mass is 10.1. The van der Waals surface area contributed by atoms with Gasteiger partial charge in [-0.05, 0) is 31.2 Å². The highest BCUT2D eigenvalue weighted by atomic mass is 16.5. The highest BCUT2D eigenvalue weighted by Gasteiger charge is 2.10. The fourth-order valence-electron chi connectivity index (χ4n) is 1.84. The van der Waals surface area contributed by atoms with E-state index in [1.54, 1.807) is 20.3 Å². The minimum absolute atomic E-state index is 0.580. The summed E-state index contributed by atoms with van der Waals surface area (Å²) in [6.07, 6.45) is 0. The van der Waals surface area contributed by atoms with Crippen molar-refractivity contribution in [3.63, 3.8) is 0 Å². The molecular formula is C15H14N2O2. The van der Waals surface area contributed by atoms with Crippen molar-refractivity contribution >= 4 is 0 Å². The number of hydrogen-bond donors (Lipinski definition) is 0. The van der Waals surface area contributed by atoms with E-state index in [1.165, 1.54) is 0 Å². The molecule has 0 radical (unpaired) electrons. The number of rotatable bonds is 3. The van der Waals surface area contributed by atoms with E-state index in [9.17, 15) is 0 Å². The van der Waals surface area contributed by atoms with Crippen molar-refractivity contribution in [2.75, 3.05) is 14.2 Å². The maximum atomic E-state index is 8.92. The van der Waals surface area contributed by atoms with Gasteiger partial charge in [0, 0.05) is 11.6 Å². The van der Waals surface area contributed by atoms with Gasteiger partial charge in [0.1, 0.15) is 17.6 Å². The predicted octanol–water partition coefficient (Wildman–Crippen LogP) is 2.95. The highest BCUT2D eigenvalue weighted by molar-refractivity contribution is 5.69. The number of pyridine rings is 1. The van der Waals surface area contributed by atoms with E-state index < -0.39 is 0 Å². The van der Waals surface area contributed by atoms with E-state index in [4.69, 9.17) is 14.7 Å². The number of aryl methyl sites for hydroxylation is 1. The van der Waals surface area contributed by atoms with Crippen molar-refractivity contribution in [2.45, 2.75) is 6.92 Å². The Morgan fingerprint density at radius 3 is 2.47 bits per heavy atom. The van der Waals surface area contributed by atoms with Crippen LogP contribution in [0.25, 0.3) is 11.3 Å². The minimum atomic E-state index is 0.580. The molecule has 0 aliphatic heterocycles. The molecule has 0 saturated carbocycles. The first kappa shape index (κ1) is 12.9. The van der Waals surface area contributed by atoms with Gasteiger partial charge >= 0.3 is 0 Å². The summed E-state index contributed by atoms with van der Waals surface area (Å²) < 4.78 is 10.5. The van der Waals surface area contributed by atoms with Crippen LogP contribution in [0.1, 0.15) is 11.3 Å². The van der Waals surface area contributed by atoms with Gasteiger partial charge < -0.3 is 9.47 Å². The fourth-order valence-corrected chi connectivity index (χ4v) is 1.84. The van der Waals surface area contributed by atoms with Crippen LogP contribution in [0.15, 0.2) is 30.3 Å². The Morgan fingerprint density at radius 2 is 1.89 bits per heavy atom. The molecule has 0 spiro atoms. The Morgan fingerprint density at radius 1 is 1.11 bits per heavy atom. The molecule has 0 aliphatic carbocycles. The lowest BCUT2D eigenvalue weighted by Crippen LogP contribution is -1.94. The lowest BCUT2D eigenvalue weighted by Gasteiger charge is -2.10. The van der Waals surface area contributed by atoms with E-state index in [2.05, 4.69) is 11.1 Å². The molecule has 0 N–H and O–H groups in total. The first-order valence-corrected chi connectivity index (χ1v) is 5.79. The number of nitriles is 1. The van der Waals surface area contributed by atoms with E-state index in [-0.39, 0.29) is 0 Å². The number of aromatic nitrogens is 1. The van der Waals surface area contributed by atoms with E-state index in [1.807, 2.05) is 31.2 Å². The van der Waals surface area contributed by atoms with Crippen LogP contribution in [-0.4, -0.2) is 19.2 Å². The van der Waals surface area contributed by atoms with Gasteiger partial charge in [-0.1, -0.05) is 0 Å². The summed E-state index contributed by atoms with van der Waals surface area (Å²) >= 11 is 0. The lowest BCUT2D eigenvalue weighted by molar-refractivity contribution is 0.395. The average Bonchev–Trinajstić information content (AvgIpc) is 2.46. The molecule has 19 heavy (non-hydrogen) atoms. The molecule has 4 nitrogen and oxygen atoms in total. The molecule has 1 heterocycles. The second-order valence-electron chi connectivity index (χ2n) is 4.01. The van der Waals surface area contributed by atoms with Crippen LogP contribution in [0.2, 0.25) is 0 Å². The molecule has 96 valence electrons. The van der Waals surface area contributed by atoms with Crippen molar-refractivity contribution in [2.24, 2.45) is 0 Å². The molecule has 0 amide bonds. The molecule has 0 bridgehead atoms. The molecule has 0 aliphatic rings. The van der Waals surface area contributed by atoms with E-state index in [0.717, 1.165) is 17.0 Å². The van der Waals surface area contributed by atoms with Gasteiger partial charge in [0.25, 0.3) is 0 Å². The number of methoxy groups -OCH3 is 2. The Hall–Kier alpha value is -2.54. The molecule has 0 unspecified atom stereocenters. The van der Waals surface area contributed by atoms with Gasteiger partial charge in [-0.3, -0.25) is 4.98 Å². The van der Waals surface area contributed by atoms with Crippen molar-refractivity contribution in [1.82, 2.24) is 4.98 Å². The van der Waals surface area contributed by atoms with Gasteiger partial charge in [0.15, 0.2) is 0 Å². The van der Waals surface area contributed by atoms with Crippen LogP contribution < -0.4 is 9.47 Å². The summed E-state index contributed by atoms with van der Waals surface area (Å²) in [6.45, 7) is 1.82. The number of benzene rings is 1. The Balaban J connectivity index is 2.53. The normalized spacial score (nSPS) is 9.79. The Labute approximate surface area is 112 Å². The predicted molar refractivity (Wildman–Crippen MR) is 72.2 cm³/mol. The summed E-state index contributed by atoms with van der Waals surface area (Å²) in [7, 11) is 3.22. The number of ether oxygens (including phenoxy) is 2. The summed E-state index contributed by atoms with van der Waals surface area (Å²) in [4.78, 5) is 4.44. The smallest absolute Gasteiger partial charge is 0.131 e. The van der Waals surface area contributed by atoms with Crippen LogP contribution in [0.5, 0.6) is 11.5 Å².